The molecule has 0 bridgehead atoms. The molecular formula is C14H14ClNO. The van der Waals surface area contributed by atoms with E-state index in [1.807, 2.05) is 49.4 Å². The van der Waals surface area contributed by atoms with Crippen LogP contribution in [-0.4, -0.2) is 7.11 Å². The van der Waals surface area contributed by atoms with Gasteiger partial charge in [-0.3, -0.25) is 0 Å². The Morgan fingerprint density at radius 3 is 2.53 bits per heavy atom. The summed E-state index contributed by atoms with van der Waals surface area (Å²) in [6.07, 6.45) is 0. The molecule has 0 aromatic heterocycles. The van der Waals surface area contributed by atoms with Gasteiger partial charge in [0.25, 0.3) is 0 Å². The van der Waals surface area contributed by atoms with Gasteiger partial charge in [-0.05, 0) is 36.8 Å². The van der Waals surface area contributed by atoms with Crippen molar-refractivity contribution < 1.29 is 4.74 Å². The average Bonchev–Trinajstić information content (AvgIpc) is 2.34. The third-order valence-electron chi connectivity index (χ3n) is 2.50. The van der Waals surface area contributed by atoms with E-state index in [2.05, 4.69) is 5.32 Å². The molecule has 1 N–H and O–H groups in total. The van der Waals surface area contributed by atoms with Crippen LogP contribution in [0.1, 0.15) is 5.56 Å². The Hall–Kier alpha value is -1.67. The number of rotatable bonds is 3. The van der Waals surface area contributed by atoms with E-state index in [0.29, 0.717) is 5.02 Å². The second kappa shape index (κ2) is 5.11. The minimum atomic E-state index is 0.690. The predicted molar refractivity (Wildman–Crippen MR) is 72.5 cm³/mol. The highest BCUT2D eigenvalue weighted by Gasteiger charge is 2.05. The maximum Gasteiger partial charge on any atom is 0.142 e. The largest absolute Gasteiger partial charge is 0.495 e. The van der Waals surface area contributed by atoms with Crippen LogP contribution in [0.25, 0.3) is 0 Å². The highest BCUT2D eigenvalue weighted by molar-refractivity contribution is 6.33. The molecule has 2 aromatic carbocycles. The SMILES string of the molecule is COc1cc(C)ccc1Nc1ccccc1Cl. The van der Waals surface area contributed by atoms with Crippen LogP contribution in [-0.2, 0) is 0 Å². The highest BCUT2D eigenvalue weighted by atomic mass is 35.5. The van der Waals surface area contributed by atoms with E-state index in [9.17, 15) is 0 Å². The van der Waals surface area contributed by atoms with Crippen molar-refractivity contribution in [1.29, 1.82) is 0 Å². The summed E-state index contributed by atoms with van der Waals surface area (Å²) in [6, 6.07) is 13.6. The quantitative estimate of drug-likeness (QED) is 0.868. The molecule has 0 atom stereocenters. The Bertz CT molecular complexity index is 525. The number of hydrogen-bond acceptors (Lipinski definition) is 2. The molecule has 0 aliphatic heterocycles. The average molecular weight is 248 g/mol. The Kier molecular flexibility index (Phi) is 3.55. The van der Waals surface area contributed by atoms with E-state index >= 15 is 0 Å². The van der Waals surface area contributed by atoms with Crippen molar-refractivity contribution in [3.8, 4) is 5.75 Å². The van der Waals surface area contributed by atoms with Gasteiger partial charge in [-0.15, -0.1) is 0 Å². The molecule has 0 spiro atoms. The van der Waals surface area contributed by atoms with Crippen LogP contribution >= 0.6 is 11.6 Å². The lowest BCUT2D eigenvalue weighted by atomic mass is 10.2. The lowest BCUT2D eigenvalue weighted by molar-refractivity contribution is 0.416. The number of nitrogens with one attached hydrogen (secondary N) is 1. The van der Waals surface area contributed by atoms with Gasteiger partial charge in [0.2, 0.25) is 0 Å². The number of benzene rings is 2. The van der Waals surface area contributed by atoms with Gasteiger partial charge in [0, 0.05) is 0 Å². The molecule has 17 heavy (non-hydrogen) atoms. The molecule has 0 fully saturated rings. The Morgan fingerprint density at radius 1 is 1.06 bits per heavy atom. The van der Waals surface area contributed by atoms with Gasteiger partial charge in [-0.1, -0.05) is 29.8 Å². The normalized spacial score (nSPS) is 10.1. The maximum atomic E-state index is 6.10. The first kappa shape index (κ1) is 11.8. The lowest BCUT2D eigenvalue weighted by Gasteiger charge is -2.12. The van der Waals surface area contributed by atoms with Gasteiger partial charge < -0.3 is 10.1 Å². The molecule has 0 radical (unpaired) electrons. The van der Waals surface area contributed by atoms with E-state index in [1.165, 1.54) is 0 Å². The Balaban J connectivity index is 2.33. The van der Waals surface area contributed by atoms with Gasteiger partial charge in [0.15, 0.2) is 0 Å². The number of methoxy groups -OCH3 is 1. The molecule has 2 rings (SSSR count). The van der Waals surface area contributed by atoms with E-state index in [1.54, 1.807) is 7.11 Å². The molecule has 0 amide bonds. The third-order valence-corrected chi connectivity index (χ3v) is 2.83. The van der Waals surface area contributed by atoms with Crippen LogP contribution in [0, 0.1) is 6.92 Å². The monoisotopic (exact) mass is 247 g/mol. The molecule has 2 nitrogen and oxygen atoms in total. The van der Waals surface area contributed by atoms with Crippen molar-refractivity contribution in [1.82, 2.24) is 0 Å². The van der Waals surface area contributed by atoms with Crippen molar-refractivity contribution in [3.63, 3.8) is 0 Å². The van der Waals surface area contributed by atoms with Crippen LogP contribution in [0.4, 0.5) is 11.4 Å². The van der Waals surface area contributed by atoms with Gasteiger partial charge >= 0.3 is 0 Å². The molecule has 0 heterocycles. The number of para-hydroxylation sites is 1. The zero-order chi connectivity index (χ0) is 12.3. The molecule has 0 saturated carbocycles. The molecule has 88 valence electrons. The second-order valence-corrected chi connectivity index (χ2v) is 4.22. The molecule has 0 unspecified atom stereocenters. The fraction of sp³-hybridized carbons (Fsp3) is 0.143. The first-order valence-electron chi connectivity index (χ1n) is 5.37. The van der Waals surface area contributed by atoms with E-state index in [0.717, 1.165) is 22.7 Å². The summed E-state index contributed by atoms with van der Waals surface area (Å²) in [7, 11) is 1.66. The number of anilines is 2. The number of ether oxygens (including phenoxy) is 1. The lowest BCUT2D eigenvalue weighted by Crippen LogP contribution is -1.95. The van der Waals surface area contributed by atoms with Gasteiger partial charge in [0.05, 0.1) is 23.5 Å². The van der Waals surface area contributed by atoms with E-state index in [4.69, 9.17) is 16.3 Å². The van der Waals surface area contributed by atoms with Gasteiger partial charge in [0.1, 0.15) is 5.75 Å². The van der Waals surface area contributed by atoms with Crippen LogP contribution in [0.5, 0.6) is 5.75 Å². The topological polar surface area (TPSA) is 21.3 Å². The van der Waals surface area contributed by atoms with Crippen LogP contribution < -0.4 is 10.1 Å². The summed E-state index contributed by atoms with van der Waals surface area (Å²) < 4.78 is 5.33. The number of hydrogen-bond donors (Lipinski definition) is 1. The summed E-state index contributed by atoms with van der Waals surface area (Å²) in [5, 5.41) is 3.95. The minimum absolute atomic E-state index is 0.690. The summed E-state index contributed by atoms with van der Waals surface area (Å²) in [6.45, 7) is 2.03. The van der Waals surface area contributed by atoms with Crippen molar-refractivity contribution in [2.75, 3.05) is 12.4 Å². The Labute approximate surface area is 106 Å². The van der Waals surface area contributed by atoms with Gasteiger partial charge in [-0.25, -0.2) is 0 Å². The van der Waals surface area contributed by atoms with Crippen LogP contribution in [0.15, 0.2) is 42.5 Å². The summed E-state index contributed by atoms with van der Waals surface area (Å²) in [5.41, 5.74) is 2.94. The Morgan fingerprint density at radius 2 is 1.82 bits per heavy atom. The molecule has 0 aliphatic carbocycles. The first-order valence-corrected chi connectivity index (χ1v) is 5.74. The summed E-state index contributed by atoms with van der Waals surface area (Å²) in [5.74, 6) is 0.810. The van der Waals surface area contributed by atoms with Crippen molar-refractivity contribution in [3.05, 3.63) is 53.1 Å². The molecule has 0 aliphatic rings. The fourth-order valence-electron chi connectivity index (χ4n) is 1.61. The summed E-state index contributed by atoms with van der Waals surface area (Å²) in [4.78, 5) is 0. The van der Waals surface area contributed by atoms with Crippen LogP contribution in [0.2, 0.25) is 5.02 Å². The molecule has 2 aromatic rings. The van der Waals surface area contributed by atoms with Crippen molar-refractivity contribution in [2.45, 2.75) is 6.92 Å². The molecule has 0 saturated heterocycles. The zero-order valence-electron chi connectivity index (χ0n) is 9.83. The van der Waals surface area contributed by atoms with Crippen molar-refractivity contribution >= 4 is 23.0 Å². The number of aryl methyl sites for hydroxylation is 1. The van der Waals surface area contributed by atoms with E-state index < -0.39 is 0 Å². The minimum Gasteiger partial charge on any atom is -0.495 e. The summed E-state index contributed by atoms with van der Waals surface area (Å²) >= 11 is 6.10. The molecular weight excluding hydrogens is 234 g/mol. The predicted octanol–water partition coefficient (Wildman–Crippen LogP) is 4.40. The smallest absolute Gasteiger partial charge is 0.142 e. The standard InChI is InChI=1S/C14H14ClNO/c1-10-7-8-13(14(9-10)17-2)16-12-6-4-3-5-11(12)15/h3-9,16H,1-2H3. The second-order valence-electron chi connectivity index (χ2n) is 3.81. The van der Waals surface area contributed by atoms with Gasteiger partial charge in [-0.2, -0.15) is 0 Å². The first-order chi connectivity index (χ1) is 8.20. The highest BCUT2D eigenvalue weighted by Crippen LogP contribution is 2.31. The fourth-order valence-corrected chi connectivity index (χ4v) is 1.79. The number of halogens is 1. The third kappa shape index (κ3) is 2.71. The maximum absolute atomic E-state index is 6.10. The molecule has 3 heteroatoms. The van der Waals surface area contributed by atoms with Crippen LogP contribution in [0.3, 0.4) is 0 Å². The van der Waals surface area contributed by atoms with E-state index in [-0.39, 0.29) is 0 Å². The zero-order valence-corrected chi connectivity index (χ0v) is 10.6. The van der Waals surface area contributed by atoms with Crippen molar-refractivity contribution in [2.24, 2.45) is 0 Å².